The van der Waals surface area contributed by atoms with Crippen LogP contribution >= 0.6 is 0 Å². The Morgan fingerprint density at radius 3 is 2.48 bits per heavy atom. The lowest BCUT2D eigenvalue weighted by Gasteiger charge is -2.13. The lowest BCUT2D eigenvalue weighted by atomic mass is 10.1. The molecule has 2 aromatic carbocycles. The molecule has 0 fully saturated rings. The van der Waals surface area contributed by atoms with Gasteiger partial charge in [0.2, 0.25) is 11.6 Å². The number of halogens is 2. The standard InChI is InChI=1S/C14H11F2NO4/c15-10-6-7-11(17(19)20)14(13(10)16)21-8-12(18)9-4-2-1-3-5-9/h1-7,12,18H,8H2. The monoisotopic (exact) mass is 295 g/mol. The minimum atomic E-state index is -1.45. The molecule has 1 atom stereocenters. The van der Waals surface area contributed by atoms with Crippen LogP contribution in [-0.2, 0) is 0 Å². The first-order valence-corrected chi connectivity index (χ1v) is 5.99. The predicted octanol–water partition coefficient (Wildman–Crippen LogP) is 2.99. The maximum Gasteiger partial charge on any atom is 0.314 e. The molecule has 0 aromatic heterocycles. The molecule has 1 N–H and O–H groups in total. The molecule has 0 spiro atoms. The van der Waals surface area contributed by atoms with E-state index in [1.165, 1.54) is 0 Å². The largest absolute Gasteiger partial charge is 0.482 e. The molecule has 5 nitrogen and oxygen atoms in total. The number of nitrogens with zero attached hydrogens (tertiary/aromatic N) is 1. The molecular weight excluding hydrogens is 284 g/mol. The first kappa shape index (κ1) is 14.9. The SMILES string of the molecule is O=[N+]([O-])c1ccc(F)c(F)c1OCC(O)c1ccccc1. The zero-order valence-corrected chi connectivity index (χ0v) is 10.7. The molecule has 2 aromatic rings. The van der Waals surface area contributed by atoms with Crippen LogP contribution in [-0.4, -0.2) is 16.6 Å². The van der Waals surface area contributed by atoms with E-state index in [2.05, 4.69) is 0 Å². The number of aliphatic hydroxyl groups is 1. The van der Waals surface area contributed by atoms with Crippen LogP contribution in [0.2, 0.25) is 0 Å². The zero-order valence-electron chi connectivity index (χ0n) is 10.7. The quantitative estimate of drug-likeness (QED) is 0.680. The van der Waals surface area contributed by atoms with Crippen molar-refractivity contribution in [2.75, 3.05) is 6.61 Å². The second kappa shape index (κ2) is 6.27. The van der Waals surface area contributed by atoms with Gasteiger partial charge in [0.15, 0.2) is 5.82 Å². The Morgan fingerprint density at radius 2 is 1.86 bits per heavy atom. The summed E-state index contributed by atoms with van der Waals surface area (Å²) in [6, 6.07) is 9.80. The van der Waals surface area contributed by atoms with Gasteiger partial charge in [-0.1, -0.05) is 30.3 Å². The van der Waals surface area contributed by atoms with E-state index in [4.69, 9.17) is 4.74 Å². The number of rotatable bonds is 5. The molecule has 0 aliphatic carbocycles. The molecule has 2 rings (SSSR count). The first-order valence-electron chi connectivity index (χ1n) is 5.99. The number of aliphatic hydroxyl groups excluding tert-OH is 1. The average molecular weight is 295 g/mol. The smallest absolute Gasteiger partial charge is 0.314 e. The van der Waals surface area contributed by atoms with Crippen LogP contribution in [0.25, 0.3) is 0 Å². The fourth-order valence-electron chi connectivity index (χ4n) is 1.74. The molecule has 0 saturated heterocycles. The average Bonchev–Trinajstić information content (AvgIpc) is 2.49. The van der Waals surface area contributed by atoms with Gasteiger partial charge >= 0.3 is 5.69 Å². The molecule has 0 bridgehead atoms. The number of hydrogen-bond donors (Lipinski definition) is 1. The maximum absolute atomic E-state index is 13.6. The van der Waals surface area contributed by atoms with Crippen molar-refractivity contribution in [1.82, 2.24) is 0 Å². The summed E-state index contributed by atoms with van der Waals surface area (Å²) in [5.41, 5.74) is -0.203. The van der Waals surface area contributed by atoms with Gasteiger partial charge in [-0.15, -0.1) is 0 Å². The molecule has 110 valence electrons. The van der Waals surface area contributed by atoms with Gasteiger partial charge in [-0.2, -0.15) is 4.39 Å². The highest BCUT2D eigenvalue weighted by atomic mass is 19.2. The highest BCUT2D eigenvalue weighted by molar-refractivity contribution is 5.47. The first-order chi connectivity index (χ1) is 10.0. The van der Waals surface area contributed by atoms with Gasteiger partial charge in [0.1, 0.15) is 12.7 Å². The van der Waals surface area contributed by atoms with Gasteiger partial charge in [-0.3, -0.25) is 10.1 Å². The molecule has 1 unspecified atom stereocenters. The van der Waals surface area contributed by atoms with Crippen molar-refractivity contribution in [3.8, 4) is 5.75 Å². The molecule has 0 radical (unpaired) electrons. The lowest BCUT2D eigenvalue weighted by Crippen LogP contribution is -2.12. The predicted molar refractivity (Wildman–Crippen MR) is 69.9 cm³/mol. The highest BCUT2D eigenvalue weighted by Gasteiger charge is 2.24. The van der Waals surface area contributed by atoms with E-state index in [1.54, 1.807) is 30.3 Å². The summed E-state index contributed by atoms with van der Waals surface area (Å²) in [7, 11) is 0. The summed E-state index contributed by atoms with van der Waals surface area (Å²) in [6.45, 7) is -0.439. The van der Waals surface area contributed by atoms with Gasteiger partial charge in [0, 0.05) is 6.07 Å². The van der Waals surface area contributed by atoms with Crippen molar-refractivity contribution in [3.05, 3.63) is 69.8 Å². The van der Waals surface area contributed by atoms with Crippen LogP contribution < -0.4 is 4.74 Å². The Morgan fingerprint density at radius 1 is 1.19 bits per heavy atom. The van der Waals surface area contributed by atoms with Gasteiger partial charge in [0.05, 0.1) is 4.92 Å². The Bertz CT molecular complexity index is 649. The minimum Gasteiger partial charge on any atom is -0.482 e. The molecule has 21 heavy (non-hydrogen) atoms. The van der Waals surface area contributed by atoms with Crippen LogP contribution in [0.15, 0.2) is 42.5 Å². The van der Waals surface area contributed by atoms with Crippen molar-refractivity contribution in [1.29, 1.82) is 0 Å². The third kappa shape index (κ3) is 3.32. The number of benzene rings is 2. The Balaban J connectivity index is 2.20. The van der Waals surface area contributed by atoms with Gasteiger partial charge in [-0.25, -0.2) is 4.39 Å². The van der Waals surface area contributed by atoms with Crippen molar-refractivity contribution in [2.24, 2.45) is 0 Å². The second-order valence-corrected chi connectivity index (χ2v) is 4.20. The molecule has 0 saturated carbocycles. The van der Waals surface area contributed by atoms with E-state index in [9.17, 15) is 24.0 Å². The normalized spacial score (nSPS) is 12.0. The molecule has 0 aliphatic heterocycles. The summed E-state index contributed by atoms with van der Waals surface area (Å²) in [5.74, 6) is -3.54. The minimum absolute atomic E-state index is 0.439. The molecule has 0 heterocycles. The van der Waals surface area contributed by atoms with E-state index in [0.717, 1.165) is 6.07 Å². The fourth-order valence-corrected chi connectivity index (χ4v) is 1.74. The van der Waals surface area contributed by atoms with Crippen molar-refractivity contribution < 1.29 is 23.5 Å². The summed E-state index contributed by atoms with van der Waals surface area (Å²) in [6.07, 6.45) is -1.12. The van der Waals surface area contributed by atoms with E-state index in [0.29, 0.717) is 11.6 Å². The van der Waals surface area contributed by atoms with E-state index >= 15 is 0 Å². The van der Waals surface area contributed by atoms with E-state index in [1.807, 2.05) is 0 Å². The number of nitro benzene ring substituents is 1. The topological polar surface area (TPSA) is 72.6 Å². The van der Waals surface area contributed by atoms with Crippen LogP contribution in [0.3, 0.4) is 0 Å². The van der Waals surface area contributed by atoms with Gasteiger partial charge < -0.3 is 9.84 Å². The van der Waals surface area contributed by atoms with Crippen LogP contribution in [0.5, 0.6) is 5.75 Å². The molecule has 7 heteroatoms. The van der Waals surface area contributed by atoms with E-state index in [-0.39, 0.29) is 0 Å². The Kier molecular flexibility index (Phi) is 4.44. The van der Waals surface area contributed by atoms with Crippen LogP contribution in [0, 0.1) is 21.7 Å². The van der Waals surface area contributed by atoms with Crippen molar-refractivity contribution >= 4 is 5.69 Å². The number of nitro groups is 1. The molecular formula is C14H11F2NO4. The summed E-state index contributed by atoms with van der Waals surface area (Å²) >= 11 is 0. The summed E-state index contributed by atoms with van der Waals surface area (Å²) in [4.78, 5) is 9.89. The van der Waals surface area contributed by atoms with Crippen molar-refractivity contribution in [2.45, 2.75) is 6.10 Å². The van der Waals surface area contributed by atoms with Crippen molar-refractivity contribution in [3.63, 3.8) is 0 Å². The van der Waals surface area contributed by atoms with Gasteiger partial charge in [0.25, 0.3) is 0 Å². The zero-order chi connectivity index (χ0) is 15.4. The van der Waals surface area contributed by atoms with Crippen LogP contribution in [0.1, 0.15) is 11.7 Å². The third-order valence-corrected chi connectivity index (χ3v) is 2.80. The lowest BCUT2D eigenvalue weighted by molar-refractivity contribution is -0.386. The molecule has 0 amide bonds. The second-order valence-electron chi connectivity index (χ2n) is 4.20. The Labute approximate surface area is 118 Å². The maximum atomic E-state index is 13.6. The number of ether oxygens (including phenoxy) is 1. The summed E-state index contributed by atoms with van der Waals surface area (Å²) < 4.78 is 31.6. The van der Waals surface area contributed by atoms with E-state index < -0.39 is 40.7 Å². The number of hydrogen-bond acceptors (Lipinski definition) is 4. The Hall–Kier alpha value is -2.54. The van der Waals surface area contributed by atoms with Gasteiger partial charge in [-0.05, 0) is 11.6 Å². The fraction of sp³-hybridized carbons (Fsp3) is 0.143. The summed E-state index contributed by atoms with van der Waals surface area (Å²) in [5, 5.41) is 20.6. The third-order valence-electron chi connectivity index (χ3n) is 2.80. The highest BCUT2D eigenvalue weighted by Crippen LogP contribution is 2.32. The van der Waals surface area contributed by atoms with Crippen LogP contribution in [0.4, 0.5) is 14.5 Å². The molecule has 0 aliphatic rings.